The Morgan fingerprint density at radius 1 is 1.19 bits per heavy atom. The lowest BCUT2D eigenvalue weighted by molar-refractivity contribution is 1.13. The largest absolute Gasteiger partial charge is 0.396 e. The molecule has 0 saturated carbocycles. The average Bonchev–Trinajstić information content (AvgIpc) is 2.29. The molecule has 82 valence electrons. The lowest BCUT2D eigenvalue weighted by Crippen LogP contribution is -2.13. The molecule has 0 radical (unpaired) electrons. The summed E-state index contributed by atoms with van der Waals surface area (Å²) in [5, 5.41) is 0. The summed E-state index contributed by atoms with van der Waals surface area (Å²) in [7, 11) is 1.97. The minimum Gasteiger partial charge on any atom is -0.396 e. The molecule has 3 heteroatoms. The number of benzene rings is 1. The van der Waals surface area contributed by atoms with Gasteiger partial charge >= 0.3 is 0 Å². The Morgan fingerprint density at radius 3 is 2.69 bits per heavy atom. The molecular formula is C13H15N3. The third kappa shape index (κ3) is 1.98. The molecule has 0 aliphatic heterocycles. The molecule has 1 heterocycles. The van der Waals surface area contributed by atoms with Crippen molar-refractivity contribution in [1.82, 2.24) is 4.98 Å². The van der Waals surface area contributed by atoms with Crippen molar-refractivity contribution < 1.29 is 0 Å². The van der Waals surface area contributed by atoms with E-state index in [1.165, 1.54) is 5.56 Å². The van der Waals surface area contributed by atoms with Crippen LogP contribution in [0.4, 0.5) is 17.2 Å². The van der Waals surface area contributed by atoms with E-state index in [9.17, 15) is 0 Å². The summed E-state index contributed by atoms with van der Waals surface area (Å²) in [6.45, 7) is 2.07. The summed E-state index contributed by atoms with van der Waals surface area (Å²) in [5.74, 6) is 0.785. The number of aryl methyl sites for hydroxylation is 1. The molecule has 2 rings (SSSR count). The first-order chi connectivity index (χ1) is 7.68. The van der Waals surface area contributed by atoms with Crippen LogP contribution < -0.4 is 10.6 Å². The molecule has 0 spiro atoms. The number of hydrogen-bond acceptors (Lipinski definition) is 3. The van der Waals surface area contributed by atoms with Gasteiger partial charge in [0.15, 0.2) is 5.82 Å². The number of hydrogen-bond donors (Lipinski definition) is 1. The molecule has 2 N–H and O–H groups in total. The Hall–Kier alpha value is -2.03. The number of nitrogens with zero attached hydrogens (tertiary/aromatic N) is 2. The quantitative estimate of drug-likeness (QED) is 0.834. The molecule has 0 bridgehead atoms. The van der Waals surface area contributed by atoms with Gasteiger partial charge in [0.25, 0.3) is 0 Å². The first kappa shape index (κ1) is 10.5. The number of aromatic nitrogens is 1. The standard InChI is InChI=1S/C13H15N3/c1-10-5-3-6-11(9-10)16(2)13-12(14)7-4-8-15-13/h3-9H,14H2,1-2H3. The molecule has 0 unspecified atom stereocenters. The minimum absolute atomic E-state index is 0.687. The van der Waals surface area contributed by atoms with Gasteiger partial charge in [-0.3, -0.25) is 0 Å². The molecule has 0 atom stereocenters. The van der Waals surface area contributed by atoms with Gasteiger partial charge in [-0.15, -0.1) is 0 Å². The normalized spacial score (nSPS) is 10.1. The van der Waals surface area contributed by atoms with Crippen LogP contribution in [0, 0.1) is 6.92 Å². The highest BCUT2D eigenvalue weighted by Gasteiger charge is 2.07. The van der Waals surface area contributed by atoms with E-state index >= 15 is 0 Å². The Morgan fingerprint density at radius 2 is 2.00 bits per heavy atom. The third-order valence-corrected chi connectivity index (χ3v) is 2.52. The zero-order chi connectivity index (χ0) is 11.5. The number of rotatable bonds is 2. The summed E-state index contributed by atoms with van der Waals surface area (Å²) in [6, 6.07) is 11.9. The van der Waals surface area contributed by atoms with Crippen LogP contribution in [-0.4, -0.2) is 12.0 Å². The van der Waals surface area contributed by atoms with E-state index in [-0.39, 0.29) is 0 Å². The summed E-state index contributed by atoms with van der Waals surface area (Å²) >= 11 is 0. The van der Waals surface area contributed by atoms with E-state index in [0.717, 1.165) is 11.5 Å². The highest BCUT2D eigenvalue weighted by atomic mass is 15.2. The van der Waals surface area contributed by atoms with Crippen LogP contribution in [0.2, 0.25) is 0 Å². The third-order valence-electron chi connectivity index (χ3n) is 2.52. The maximum Gasteiger partial charge on any atom is 0.155 e. The van der Waals surface area contributed by atoms with Crippen molar-refractivity contribution >= 4 is 17.2 Å². The second-order valence-corrected chi connectivity index (χ2v) is 3.81. The highest BCUT2D eigenvalue weighted by Crippen LogP contribution is 2.26. The average molecular weight is 213 g/mol. The van der Waals surface area contributed by atoms with E-state index < -0.39 is 0 Å². The molecule has 0 saturated heterocycles. The van der Waals surface area contributed by atoms with Crippen molar-refractivity contribution in [2.75, 3.05) is 17.7 Å². The van der Waals surface area contributed by atoms with Crippen molar-refractivity contribution in [3.05, 3.63) is 48.2 Å². The monoisotopic (exact) mass is 213 g/mol. The predicted molar refractivity (Wildman–Crippen MR) is 67.9 cm³/mol. The fraction of sp³-hybridized carbons (Fsp3) is 0.154. The van der Waals surface area contributed by atoms with Crippen LogP contribution in [0.1, 0.15) is 5.56 Å². The Kier molecular flexibility index (Phi) is 2.77. The molecular weight excluding hydrogens is 198 g/mol. The fourth-order valence-corrected chi connectivity index (χ4v) is 1.65. The van der Waals surface area contributed by atoms with Crippen LogP contribution in [-0.2, 0) is 0 Å². The zero-order valence-corrected chi connectivity index (χ0v) is 9.51. The van der Waals surface area contributed by atoms with Gasteiger partial charge in [0.1, 0.15) is 0 Å². The Balaban J connectivity index is 2.39. The lowest BCUT2D eigenvalue weighted by Gasteiger charge is -2.20. The highest BCUT2D eigenvalue weighted by molar-refractivity contribution is 5.70. The molecule has 0 fully saturated rings. The molecule has 1 aromatic carbocycles. The molecule has 1 aromatic heterocycles. The van der Waals surface area contributed by atoms with Crippen molar-refractivity contribution in [1.29, 1.82) is 0 Å². The second-order valence-electron chi connectivity index (χ2n) is 3.81. The maximum absolute atomic E-state index is 5.89. The van der Waals surface area contributed by atoms with Gasteiger partial charge in [-0.05, 0) is 36.8 Å². The fourth-order valence-electron chi connectivity index (χ4n) is 1.65. The van der Waals surface area contributed by atoms with Gasteiger partial charge in [-0.1, -0.05) is 12.1 Å². The van der Waals surface area contributed by atoms with Gasteiger partial charge in [0.2, 0.25) is 0 Å². The molecule has 3 nitrogen and oxygen atoms in total. The first-order valence-corrected chi connectivity index (χ1v) is 5.19. The van der Waals surface area contributed by atoms with Gasteiger partial charge in [0, 0.05) is 18.9 Å². The summed E-state index contributed by atoms with van der Waals surface area (Å²) in [6.07, 6.45) is 1.75. The van der Waals surface area contributed by atoms with Gasteiger partial charge in [-0.2, -0.15) is 0 Å². The minimum atomic E-state index is 0.687. The van der Waals surface area contributed by atoms with Crippen LogP contribution >= 0.6 is 0 Å². The van der Waals surface area contributed by atoms with Gasteiger partial charge in [-0.25, -0.2) is 4.98 Å². The van der Waals surface area contributed by atoms with E-state index in [0.29, 0.717) is 5.69 Å². The molecule has 2 aromatic rings. The summed E-state index contributed by atoms with van der Waals surface area (Å²) < 4.78 is 0. The Labute approximate surface area is 95.5 Å². The van der Waals surface area contributed by atoms with Crippen LogP contribution in [0.3, 0.4) is 0 Å². The van der Waals surface area contributed by atoms with Crippen molar-refractivity contribution in [2.24, 2.45) is 0 Å². The van der Waals surface area contributed by atoms with Crippen molar-refractivity contribution in [3.63, 3.8) is 0 Å². The number of pyridine rings is 1. The van der Waals surface area contributed by atoms with E-state index in [2.05, 4.69) is 24.0 Å². The number of anilines is 3. The zero-order valence-electron chi connectivity index (χ0n) is 9.51. The molecule has 0 aliphatic carbocycles. The van der Waals surface area contributed by atoms with Crippen LogP contribution in [0.15, 0.2) is 42.6 Å². The first-order valence-electron chi connectivity index (χ1n) is 5.19. The van der Waals surface area contributed by atoms with E-state index in [4.69, 9.17) is 5.73 Å². The van der Waals surface area contributed by atoms with Crippen LogP contribution in [0.5, 0.6) is 0 Å². The molecule has 0 aliphatic rings. The second kappa shape index (κ2) is 4.23. The lowest BCUT2D eigenvalue weighted by atomic mass is 10.2. The number of nitrogens with two attached hydrogens (primary N) is 1. The number of nitrogen functional groups attached to an aromatic ring is 1. The topological polar surface area (TPSA) is 42.2 Å². The summed E-state index contributed by atoms with van der Waals surface area (Å²) in [4.78, 5) is 6.27. The smallest absolute Gasteiger partial charge is 0.155 e. The van der Waals surface area contributed by atoms with Gasteiger partial charge < -0.3 is 10.6 Å². The molecule has 16 heavy (non-hydrogen) atoms. The van der Waals surface area contributed by atoms with Crippen molar-refractivity contribution in [3.8, 4) is 0 Å². The van der Waals surface area contributed by atoms with E-state index in [1.54, 1.807) is 6.20 Å². The van der Waals surface area contributed by atoms with Crippen molar-refractivity contribution in [2.45, 2.75) is 6.92 Å². The predicted octanol–water partition coefficient (Wildman–Crippen LogP) is 2.74. The SMILES string of the molecule is Cc1cccc(N(C)c2ncccc2N)c1. The van der Waals surface area contributed by atoms with E-state index in [1.807, 2.05) is 36.2 Å². The maximum atomic E-state index is 5.89. The van der Waals surface area contributed by atoms with Gasteiger partial charge in [0.05, 0.1) is 5.69 Å². The Bertz CT molecular complexity index is 494. The van der Waals surface area contributed by atoms with Crippen LogP contribution in [0.25, 0.3) is 0 Å². The molecule has 0 amide bonds. The summed E-state index contributed by atoms with van der Waals surface area (Å²) in [5.41, 5.74) is 8.89.